The van der Waals surface area contributed by atoms with Gasteiger partial charge in [0.15, 0.2) is 5.82 Å². The molecule has 0 unspecified atom stereocenters. The Labute approximate surface area is 179 Å². The fraction of sp³-hybridized carbons (Fsp3) is 0.304. The van der Waals surface area contributed by atoms with E-state index in [0.717, 1.165) is 31.7 Å². The summed E-state index contributed by atoms with van der Waals surface area (Å²) in [4.78, 5) is 19.3. The summed E-state index contributed by atoms with van der Waals surface area (Å²) in [5.41, 5.74) is 2.13. The largest absolute Gasteiger partial charge is 0.355 e. The Morgan fingerprint density at radius 3 is 2.68 bits per heavy atom. The molecule has 0 bridgehead atoms. The Morgan fingerprint density at radius 1 is 1.10 bits per heavy atom. The first-order chi connectivity index (χ1) is 15.2. The van der Waals surface area contributed by atoms with Gasteiger partial charge in [0.05, 0.1) is 46.4 Å². The first-order valence-corrected chi connectivity index (χ1v) is 10.5. The Hall–Kier alpha value is -3.73. The van der Waals surface area contributed by atoms with Gasteiger partial charge in [0, 0.05) is 25.4 Å². The van der Waals surface area contributed by atoms with Gasteiger partial charge in [0.1, 0.15) is 5.82 Å². The van der Waals surface area contributed by atoms with Gasteiger partial charge in [-0.05, 0) is 31.0 Å². The molecule has 1 saturated heterocycles. The molecule has 2 aromatic heterocycles. The van der Waals surface area contributed by atoms with Gasteiger partial charge in [0.2, 0.25) is 0 Å². The third-order valence-electron chi connectivity index (χ3n) is 5.86. The Morgan fingerprint density at radius 2 is 1.90 bits per heavy atom. The molecule has 7 nitrogen and oxygen atoms in total. The van der Waals surface area contributed by atoms with Gasteiger partial charge in [-0.15, -0.1) is 0 Å². The normalized spacial score (nSPS) is 15.9. The minimum absolute atomic E-state index is 0.133. The van der Waals surface area contributed by atoms with E-state index in [2.05, 4.69) is 15.2 Å². The molecule has 0 aliphatic carbocycles. The number of fused-ring (bicyclic) bond motifs is 1. The van der Waals surface area contributed by atoms with Crippen molar-refractivity contribution in [3.8, 4) is 23.0 Å². The first kappa shape index (κ1) is 19.2. The molecule has 31 heavy (non-hydrogen) atoms. The van der Waals surface area contributed by atoms with Crippen LogP contribution in [0.2, 0.25) is 0 Å². The highest BCUT2D eigenvalue weighted by molar-refractivity contribution is 6.01. The van der Waals surface area contributed by atoms with Crippen LogP contribution in [0.5, 0.6) is 0 Å². The number of benzene rings is 1. The smallest absolute Gasteiger partial charge is 0.255 e. The number of rotatable bonds is 3. The summed E-state index contributed by atoms with van der Waals surface area (Å²) < 4.78 is 16.3. The number of carbonyl (C=O) groups excluding carboxylic acids is 1. The van der Waals surface area contributed by atoms with Crippen molar-refractivity contribution in [2.75, 3.05) is 18.0 Å². The lowest BCUT2D eigenvalue weighted by molar-refractivity contribution is 0.0965. The minimum Gasteiger partial charge on any atom is -0.355 e. The molecular weight excluding hydrogens is 395 g/mol. The molecule has 0 saturated carbocycles. The third-order valence-corrected chi connectivity index (χ3v) is 5.86. The topological polar surface area (TPSA) is 86.8 Å². The number of hydrogen-bond donors (Lipinski definition) is 1. The van der Waals surface area contributed by atoms with Crippen LogP contribution in [0.1, 0.15) is 47.3 Å². The van der Waals surface area contributed by atoms with Crippen molar-refractivity contribution < 1.29 is 9.18 Å². The molecule has 8 heteroatoms. The van der Waals surface area contributed by atoms with E-state index in [4.69, 9.17) is 5.10 Å². The second kappa shape index (κ2) is 7.84. The predicted octanol–water partition coefficient (Wildman–Crippen LogP) is 3.57. The zero-order valence-corrected chi connectivity index (χ0v) is 16.9. The van der Waals surface area contributed by atoms with Gasteiger partial charge in [-0.1, -0.05) is 18.9 Å². The number of nitrogens with one attached hydrogen (secondary N) is 1. The molecule has 1 aromatic carbocycles. The molecule has 2 aliphatic rings. The number of aromatic nitrogens is 3. The van der Waals surface area contributed by atoms with Crippen molar-refractivity contribution in [1.29, 1.82) is 5.26 Å². The fourth-order valence-electron chi connectivity index (χ4n) is 4.31. The molecule has 5 rings (SSSR count). The quantitative estimate of drug-likeness (QED) is 0.705. The fourth-order valence-corrected chi connectivity index (χ4v) is 4.31. The van der Waals surface area contributed by atoms with Crippen molar-refractivity contribution in [3.05, 3.63) is 59.2 Å². The van der Waals surface area contributed by atoms with Crippen LogP contribution in [0.4, 0.5) is 10.2 Å². The molecule has 156 valence electrons. The second-order valence-corrected chi connectivity index (χ2v) is 7.82. The zero-order valence-electron chi connectivity index (χ0n) is 16.9. The summed E-state index contributed by atoms with van der Waals surface area (Å²) in [6.07, 6.45) is 6.53. The number of hydrogen-bond acceptors (Lipinski definition) is 5. The van der Waals surface area contributed by atoms with Gasteiger partial charge in [-0.2, -0.15) is 10.4 Å². The molecule has 1 N–H and O–H groups in total. The van der Waals surface area contributed by atoms with Crippen molar-refractivity contribution in [2.24, 2.45) is 0 Å². The van der Waals surface area contributed by atoms with Gasteiger partial charge in [-0.3, -0.25) is 4.79 Å². The molecule has 0 spiro atoms. The molecule has 3 aromatic rings. The molecule has 1 fully saturated rings. The first-order valence-electron chi connectivity index (χ1n) is 10.5. The summed E-state index contributed by atoms with van der Waals surface area (Å²) in [5, 5.41) is 17.0. The summed E-state index contributed by atoms with van der Waals surface area (Å²) in [6, 6.07) is 9.97. The number of halogens is 1. The number of pyridine rings is 1. The number of nitriles is 1. The van der Waals surface area contributed by atoms with Crippen LogP contribution in [-0.4, -0.2) is 33.8 Å². The maximum Gasteiger partial charge on any atom is 0.255 e. The van der Waals surface area contributed by atoms with E-state index in [1.165, 1.54) is 25.0 Å². The summed E-state index contributed by atoms with van der Waals surface area (Å²) in [5.74, 6) is 0.0985. The minimum atomic E-state index is -0.527. The van der Waals surface area contributed by atoms with Crippen LogP contribution < -0.4 is 10.2 Å². The van der Waals surface area contributed by atoms with E-state index in [9.17, 15) is 14.4 Å². The van der Waals surface area contributed by atoms with E-state index in [1.807, 2.05) is 18.3 Å². The second-order valence-electron chi connectivity index (χ2n) is 7.82. The maximum atomic E-state index is 14.7. The average molecular weight is 416 g/mol. The van der Waals surface area contributed by atoms with E-state index < -0.39 is 5.82 Å². The van der Waals surface area contributed by atoms with Gasteiger partial charge in [0.25, 0.3) is 5.91 Å². The monoisotopic (exact) mass is 416 g/mol. The van der Waals surface area contributed by atoms with Crippen molar-refractivity contribution >= 4 is 11.7 Å². The number of carbonyl (C=O) groups is 1. The van der Waals surface area contributed by atoms with Crippen molar-refractivity contribution in [2.45, 2.75) is 32.2 Å². The van der Waals surface area contributed by atoms with Crippen molar-refractivity contribution in [3.63, 3.8) is 0 Å². The van der Waals surface area contributed by atoms with Crippen LogP contribution in [0.3, 0.4) is 0 Å². The lowest BCUT2D eigenvalue weighted by Gasteiger charge is -2.19. The Kier molecular flexibility index (Phi) is 4.86. The maximum absolute atomic E-state index is 14.7. The standard InChI is InChI=1S/C23H21FN6O/c24-16-7-5-6-15(13-25)21(16)17-12-19(22-18(27-17)14-26-23(22)31)30-11-8-20(28-30)29-9-3-1-2-4-10-29/h5-8,11-12H,1-4,9-10,14H2,(H,26,31). The van der Waals surface area contributed by atoms with Gasteiger partial charge in [-0.25, -0.2) is 14.1 Å². The van der Waals surface area contributed by atoms with E-state index >= 15 is 0 Å². The van der Waals surface area contributed by atoms with Gasteiger partial charge >= 0.3 is 0 Å². The molecule has 1 amide bonds. The highest BCUT2D eigenvalue weighted by Crippen LogP contribution is 2.31. The lowest BCUT2D eigenvalue weighted by atomic mass is 10.0. The van der Waals surface area contributed by atoms with Crippen LogP contribution >= 0.6 is 0 Å². The number of anilines is 1. The number of nitrogens with zero attached hydrogens (tertiary/aromatic N) is 5. The SMILES string of the molecule is N#Cc1cccc(F)c1-c1cc(-n2ccc(N3CCCCCC3)n2)c2c(n1)CNC2=O. The summed E-state index contributed by atoms with van der Waals surface area (Å²) in [7, 11) is 0. The van der Waals surface area contributed by atoms with Crippen LogP contribution in [0, 0.1) is 17.1 Å². The van der Waals surface area contributed by atoms with Gasteiger partial charge < -0.3 is 10.2 Å². The Bertz CT molecular complexity index is 1200. The summed E-state index contributed by atoms with van der Waals surface area (Å²) in [6.45, 7) is 2.17. The van der Waals surface area contributed by atoms with E-state index in [0.29, 0.717) is 22.6 Å². The molecule has 2 aliphatic heterocycles. The lowest BCUT2D eigenvalue weighted by Crippen LogP contribution is -2.24. The number of amides is 1. The van der Waals surface area contributed by atoms with Crippen molar-refractivity contribution in [1.82, 2.24) is 20.1 Å². The molecular formula is C23H21FN6O. The third kappa shape index (κ3) is 3.42. The average Bonchev–Trinajstić information content (AvgIpc) is 3.32. The Balaban J connectivity index is 1.63. The molecule has 4 heterocycles. The van der Waals surface area contributed by atoms with E-state index in [-0.39, 0.29) is 23.6 Å². The predicted molar refractivity (Wildman–Crippen MR) is 113 cm³/mol. The van der Waals surface area contributed by atoms with E-state index in [1.54, 1.807) is 16.8 Å². The highest BCUT2D eigenvalue weighted by atomic mass is 19.1. The zero-order chi connectivity index (χ0) is 21.4. The highest BCUT2D eigenvalue weighted by Gasteiger charge is 2.28. The van der Waals surface area contributed by atoms with Crippen LogP contribution in [0.25, 0.3) is 16.9 Å². The van der Waals surface area contributed by atoms with Crippen LogP contribution in [-0.2, 0) is 6.54 Å². The summed E-state index contributed by atoms with van der Waals surface area (Å²) >= 11 is 0. The van der Waals surface area contributed by atoms with Crippen LogP contribution in [0.15, 0.2) is 36.5 Å². The molecule has 0 atom stereocenters. The molecule has 0 radical (unpaired) electrons.